The number of hydrogen-bond acceptors (Lipinski definition) is 5. The van der Waals surface area contributed by atoms with Gasteiger partial charge in [0.15, 0.2) is 11.6 Å². The van der Waals surface area contributed by atoms with Gasteiger partial charge in [-0.15, -0.1) is 0 Å². The zero-order valence-corrected chi connectivity index (χ0v) is 11.1. The van der Waals surface area contributed by atoms with Crippen LogP contribution in [-0.2, 0) is 0 Å². The molecule has 5 nitrogen and oxygen atoms in total. The number of anilines is 2. The summed E-state index contributed by atoms with van der Waals surface area (Å²) in [6.45, 7) is 3.15. The molecule has 100 valence electrons. The van der Waals surface area contributed by atoms with Crippen molar-refractivity contribution in [2.24, 2.45) is 5.92 Å². The van der Waals surface area contributed by atoms with Gasteiger partial charge in [0, 0.05) is 13.6 Å². The Hall–Kier alpha value is -1.88. The van der Waals surface area contributed by atoms with E-state index in [0.29, 0.717) is 11.7 Å². The van der Waals surface area contributed by atoms with Gasteiger partial charge in [-0.3, -0.25) is 0 Å². The largest absolute Gasteiger partial charge is 0.381 e. The normalized spacial score (nSPS) is 18.9. The summed E-state index contributed by atoms with van der Waals surface area (Å²) >= 11 is 0. The number of para-hydroxylation sites is 2. The van der Waals surface area contributed by atoms with Crippen molar-refractivity contribution in [2.75, 3.05) is 37.3 Å². The minimum atomic E-state index is 0.507. The molecule has 1 aromatic heterocycles. The van der Waals surface area contributed by atoms with Gasteiger partial charge in [-0.05, 0) is 37.6 Å². The maximum absolute atomic E-state index is 6.03. The van der Waals surface area contributed by atoms with Crippen molar-refractivity contribution in [1.82, 2.24) is 15.3 Å². The molecule has 1 fully saturated rings. The number of benzene rings is 1. The summed E-state index contributed by atoms with van der Waals surface area (Å²) in [5.41, 5.74) is 7.77. The number of nitrogens with two attached hydrogens (primary N) is 1. The highest BCUT2D eigenvalue weighted by molar-refractivity contribution is 5.79. The molecule has 0 amide bonds. The van der Waals surface area contributed by atoms with E-state index in [1.807, 2.05) is 31.3 Å². The zero-order chi connectivity index (χ0) is 13.2. The van der Waals surface area contributed by atoms with Crippen LogP contribution in [-0.4, -0.2) is 36.6 Å². The highest BCUT2D eigenvalue weighted by Gasteiger charge is 2.19. The highest BCUT2D eigenvalue weighted by atomic mass is 15.2. The molecule has 5 heteroatoms. The lowest BCUT2D eigenvalue weighted by molar-refractivity contribution is 0.576. The van der Waals surface area contributed by atoms with Gasteiger partial charge in [0.05, 0.1) is 11.0 Å². The Labute approximate surface area is 112 Å². The molecular formula is C14H19N5. The predicted octanol–water partition coefficient (Wildman–Crippen LogP) is 1.26. The monoisotopic (exact) mass is 257 g/mol. The van der Waals surface area contributed by atoms with E-state index in [4.69, 9.17) is 5.73 Å². The van der Waals surface area contributed by atoms with Crippen LogP contribution in [0.5, 0.6) is 0 Å². The number of hydrogen-bond donors (Lipinski definition) is 2. The lowest BCUT2D eigenvalue weighted by atomic mass is 10.1. The van der Waals surface area contributed by atoms with E-state index < -0.39 is 0 Å². The van der Waals surface area contributed by atoms with Crippen LogP contribution in [0.15, 0.2) is 24.3 Å². The van der Waals surface area contributed by atoms with Gasteiger partial charge in [0.25, 0.3) is 0 Å². The minimum Gasteiger partial charge on any atom is -0.381 e. The quantitative estimate of drug-likeness (QED) is 0.866. The van der Waals surface area contributed by atoms with Gasteiger partial charge in [-0.2, -0.15) is 0 Å². The van der Waals surface area contributed by atoms with Crippen molar-refractivity contribution in [3.63, 3.8) is 0 Å². The smallest absolute Gasteiger partial charge is 0.171 e. The predicted molar refractivity (Wildman–Crippen MR) is 78.2 cm³/mol. The fraction of sp³-hybridized carbons (Fsp3) is 0.429. The third-order valence-corrected chi connectivity index (χ3v) is 3.63. The molecule has 1 unspecified atom stereocenters. The van der Waals surface area contributed by atoms with Crippen LogP contribution in [0, 0.1) is 5.92 Å². The van der Waals surface area contributed by atoms with Crippen LogP contribution < -0.4 is 16.0 Å². The Morgan fingerprint density at radius 1 is 1.32 bits per heavy atom. The Bertz CT molecular complexity index is 577. The number of rotatable bonds is 3. The van der Waals surface area contributed by atoms with Gasteiger partial charge < -0.3 is 16.0 Å². The fourth-order valence-electron chi connectivity index (χ4n) is 2.63. The van der Waals surface area contributed by atoms with E-state index in [2.05, 4.69) is 20.2 Å². The molecule has 0 spiro atoms. The van der Waals surface area contributed by atoms with Crippen LogP contribution in [0.2, 0.25) is 0 Å². The summed E-state index contributed by atoms with van der Waals surface area (Å²) in [6.07, 6.45) is 1.21. The van der Waals surface area contributed by atoms with Crippen LogP contribution >= 0.6 is 0 Å². The summed E-state index contributed by atoms with van der Waals surface area (Å²) in [5, 5.41) is 3.38. The number of nitrogen functional groups attached to an aromatic ring is 1. The van der Waals surface area contributed by atoms with Gasteiger partial charge in [-0.25, -0.2) is 9.97 Å². The van der Waals surface area contributed by atoms with Crippen molar-refractivity contribution in [1.29, 1.82) is 0 Å². The average molecular weight is 257 g/mol. The molecule has 3 N–H and O–H groups in total. The first-order valence-corrected chi connectivity index (χ1v) is 6.68. The zero-order valence-electron chi connectivity index (χ0n) is 11.1. The van der Waals surface area contributed by atoms with Gasteiger partial charge >= 0.3 is 0 Å². The number of aromatic nitrogens is 2. The summed E-state index contributed by atoms with van der Waals surface area (Å²) in [5.74, 6) is 1.95. The van der Waals surface area contributed by atoms with Crippen LogP contribution in [0.1, 0.15) is 6.42 Å². The SMILES string of the molecule is CN(CC1CCNC1)c1nc2ccccc2nc1N. The van der Waals surface area contributed by atoms with E-state index in [9.17, 15) is 0 Å². The summed E-state index contributed by atoms with van der Waals surface area (Å²) in [6, 6.07) is 7.82. The molecule has 0 saturated carbocycles. The summed E-state index contributed by atoms with van der Waals surface area (Å²) < 4.78 is 0. The third kappa shape index (κ3) is 2.46. The molecule has 1 aliphatic rings. The van der Waals surface area contributed by atoms with Gasteiger partial charge in [-0.1, -0.05) is 12.1 Å². The second kappa shape index (κ2) is 5.01. The second-order valence-corrected chi connectivity index (χ2v) is 5.16. The van der Waals surface area contributed by atoms with Crippen molar-refractivity contribution in [3.05, 3.63) is 24.3 Å². The van der Waals surface area contributed by atoms with Crippen molar-refractivity contribution in [2.45, 2.75) is 6.42 Å². The molecular weight excluding hydrogens is 238 g/mol. The molecule has 1 atom stereocenters. The highest BCUT2D eigenvalue weighted by Crippen LogP contribution is 2.22. The molecule has 3 rings (SSSR count). The molecule has 2 heterocycles. The Morgan fingerprint density at radius 3 is 2.74 bits per heavy atom. The van der Waals surface area contributed by atoms with E-state index in [-0.39, 0.29) is 0 Å². The number of fused-ring (bicyclic) bond motifs is 1. The maximum Gasteiger partial charge on any atom is 0.171 e. The second-order valence-electron chi connectivity index (χ2n) is 5.16. The van der Waals surface area contributed by atoms with Crippen LogP contribution in [0.4, 0.5) is 11.6 Å². The lowest BCUT2D eigenvalue weighted by Crippen LogP contribution is -2.28. The molecule has 0 aliphatic carbocycles. The van der Waals surface area contributed by atoms with E-state index in [0.717, 1.165) is 36.5 Å². The average Bonchev–Trinajstić information content (AvgIpc) is 2.90. The Kier molecular flexibility index (Phi) is 3.21. The number of nitrogens with one attached hydrogen (secondary N) is 1. The van der Waals surface area contributed by atoms with E-state index >= 15 is 0 Å². The molecule has 2 aromatic rings. The van der Waals surface area contributed by atoms with Crippen molar-refractivity contribution >= 4 is 22.7 Å². The molecule has 1 saturated heterocycles. The lowest BCUT2D eigenvalue weighted by Gasteiger charge is -2.22. The fourth-order valence-corrected chi connectivity index (χ4v) is 2.63. The van der Waals surface area contributed by atoms with E-state index in [1.165, 1.54) is 6.42 Å². The molecule has 1 aliphatic heterocycles. The molecule has 1 aromatic carbocycles. The molecule has 19 heavy (non-hydrogen) atoms. The minimum absolute atomic E-state index is 0.507. The Balaban J connectivity index is 1.88. The maximum atomic E-state index is 6.03. The van der Waals surface area contributed by atoms with Crippen molar-refractivity contribution < 1.29 is 0 Å². The summed E-state index contributed by atoms with van der Waals surface area (Å²) in [4.78, 5) is 11.2. The van der Waals surface area contributed by atoms with Gasteiger partial charge in [0.2, 0.25) is 0 Å². The molecule has 0 bridgehead atoms. The van der Waals surface area contributed by atoms with Crippen LogP contribution in [0.3, 0.4) is 0 Å². The van der Waals surface area contributed by atoms with Gasteiger partial charge in [0.1, 0.15) is 0 Å². The summed E-state index contributed by atoms with van der Waals surface area (Å²) in [7, 11) is 2.04. The third-order valence-electron chi connectivity index (χ3n) is 3.63. The standard InChI is InChI=1S/C14H19N5/c1-19(9-10-6-7-16-8-10)14-13(15)17-11-4-2-3-5-12(11)18-14/h2-5,10,16H,6-9H2,1H3,(H2,15,17). The first-order chi connectivity index (χ1) is 9.24. The van der Waals surface area contributed by atoms with Crippen LogP contribution in [0.25, 0.3) is 11.0 Å². The Morgan fingerprint density at radius 2 is 2.05 bits per heavy atom. The first kappa shape index (κ1) is 12.2. The topological polar surface area (TPSA) is 67.1 Å². The first-order valence-electron chi connectivity index (χ1n) is 6.68. The molecule has 0 radical (unpaired) electrons. The van der Waals surface area contributed by atoms with Crippen molar-refractivity contribution in [3.8, 4) is 0 Å². The van der Waals surface area contributed by atoms with E-state index in [1.54, 1.807) is 0 Å². The number of nitrogens with zero attached hydrogens (tertiary/aromatic N) is 3.